The molecule has 0 radical (unpaired) electrons. The van der Waals surface area contributed by atoms with Crippen molar-refractivity contribution in [2.45, 2.75) is 0 Å². The van der Waals surface area contributed by atoms with Crippen LogP contribution in [-0.2, 0) is 0 Å². The molecular formula is C26H17N5O2. The third-order valence-electron chi connectivity index (χ3n) is 5.54. The van der Waals surface area contributed by atoms with Gasteiger partial charge in [0.05, 0.1) is 27.7 Å². The maximum Gasteiger partial charge on any atom is 0.270 e. The Labute approximate surface area is 188 Å². The second-order valence-corrected chi connectivity index (χ2v) is 7.90. The number of hydrogen-bond donors (Lipinski definition) is 2. The van der Waals surface area contributed by atoms with Gasteiger partial charge in [0.2, 0.25) is 0 Å². The van der Waals surface area contributed by atoms with Crippen molar-refractivity contribution >= 4 is 52.1 Å². The van der Waals surface area contributed by atoms with Gasteiger partial charge >= 0.3 is 0 Å². The Morgan fingerprint density at radius 2 is 1.33 bits per heavy atom. The van der Waals surface area contributed by atoms with E-state index in [0.29, 0.717) is 0 Å². The average molecular weight is 431 g/mol. The van der Waals surface area contributed by atoms with Crippen LogP contribution in [0.25, 0.3) is 57.5 Å². The van der Waals surface area contributed by atoms with Crippen molar-refractivity contribution in [1.29, 1.82) is 0 Å². The predicted octanol–water partition coefficient (Wildman–Crippen LogP) is 6.23. The molecule has 0 amide bonds. The summed E-state index contributed by atoms with van der Waals surface area (Å²) in [5.41, 5.74) is 8.57. The van der Waals surface area contributed by atoms with Crippen LogP contribution in [0, 0.1) is 10.1 Å². The summed E-state index contributed by atoms with van der Waals surface area (Å²) in [5.74, 6) is 0. The monoisotopic (exact) mass is 431 g/mol. The number of non-ortho nitro benzene ring substituents is 1. The number of aromatic amines is 2. The summed E-state index contributed by atoms with van der Waals surface area (Å²) in [6.07, 6.45) is 7.83. The molecule has 2 aliphatic heterocycles. The summed E-state index contributed by atoms with van der Waals surface area (Å²) in [6, 6.07) is 20.5. The van der Waals surface area contributed by atoms with Gasteiger partial charge in [-0.05, 0) is 72.3 Å². The first-order chi connectivity index (χ1) is 16.1. The van der Waals surface area contributed by atoms with Crippen molar-refractivity contribution in [3.63, 3.8) is 0 Å². The number of fused-ring (bicyclic) bond motifs is 8. The molecule has 0 atom stereocenters. The Bertz CT molecular complexity index is 1660. The summed E-state index contributed by atoms with van der Waals surface area (Å²) < 4.78 is 0. The first-order valence-electron chi connectivity index (χ1n) is 10.4. The van der Waals surface area contributed by atoms with Crippen LogP contribution in [0.15, 0.2) is 66.7 Å². The number of rotatable bonds is 2. The lowest BCUT2D eigenvalue weighted by atomic mass is 10.1. The molecule has 2 N–H and O–H groups in total. The Balaban J connectivity index is 1.65. The summed E-state index contributed by atoms with van der Waals surface area (Å²) in [6.45, 7) is 0. The number of hydrogen-bond acceptors (Lipinski definition) is 4. The quantitative estimate of drug-likeness (QED) is 0.251. The Morgan fingerprint density at radius 1 is 0.667 bits per heavy atom. The van der Waals surface area contributed by atoms with Gasteiger partial charge in [-0.1, -0.05) is 12.1 Å². The summed E-state index contributed by atoms with van der Waals surface area (Å²) in [5, 5.41) is 11.3. The van der Waals surface area contributed by atoms with Crippen molar-refractivity contribution in [3.05, 3.63) is 99.6 Å². The molecule has 158 valence electrons. The molecule has 6 rings (SSSR count). The standard InChI is InChI=1S/C26H17N5O2/c32-31(33)24-3-1-2-16(10-24)25-14-23-13-21-7-6-19(28-21)11-17-4-5-18(27-17)12-20-8-9-22(29-20)15-26(25)30-23/h1-15,28,30H. The maximum absolute atomic E-state index is 11.3. The molecule has 0 saturated carbocycles. The van der Waals surface area contributed by atoms with Crippen LogP contribution >= 0.6 is 0 Å². The highest BCUT2D eigenvalue weighted by Gasteiger charge is 2.11. The first-order valence-corrected chi connectivity index (χ1v) is 10.4. The van der Waals surface area contributed by atoms with Gasteiger partial charge in [-0.2, -0.15) is 0 Å². The molecule has 33 heavy (non-hydrogen) atoms. The molecule has 3 aromatic heterocycles. The zero-order chi connectivity index (χ0) is 22.4. The smallest absolute Gasteiger partial charge is 0.270 e. The SMILES string of the molecule is O=[N+]([O-])c1cccc(-c2cc3cc4ccc(cc5nc(cc6nc(cc2[nH]3)C=C6)C=C5)[nH]4)c1. The second kappa shape index (κ2) is 7.42. The largest absolute Gasteiger partial charge is 0.355 e. The van der Waals surface area contributed by atoms with Crippen molar-refractivity contribution < 1.29 is 4.92 Å². The van der Waals surface area contributed by atoms with Crippen molar-refractivity contribution in [1.82, 2.24) is 19.9 Å². The minimum Gasteiger partial charge on any atom is -0.355 e. The minimum absolute atomic E-state index is 0.0535. The number of aromatic nitrogens is 4. The van der Waals surface area contributed by atoms with Gasteiger partial charge in [0, 0.05) is 39.8 Å². The highest BCUT2D eigenvalue weighted by Crippen LogP contribution is 2.30. The fourth-order valence-electron chi connectivity index (χ4n) is 4.04. The molecular weight excluding hydrogens is 414 g/mol. The van der Waals surface area contributed by atoms with Crippen LogP contribution in [0.3, 0.4) is 0 Å². The molecule has 7 nitrogen and oxygen atoms in total. The Hall–Kier alpha value is -4.78. The van der Waals surface area contributed by atoms with Gasteiger partial charge in [0.1, 0.15) is 0 Å². The lowest BCUT2D eigenvalue weighted by Crippen LogP contribution is -1.87. The van der Waals surface area contributed by atoms with Crippen LogP contribution in [-0.4, -0.2) is 24.9 Å². The molecule has 4 aromatic rings. The summed E-state index contributed by atoms with van der Waals surface area (Å²) in [4.78, 5) is 27.1. The van der Waals surface area contributed by atoms with Crippen LogP contribution in [0.4, 0.5) is 5.69 Å². The zero-order valence-electron chi connectivity index (χ0n) is 17.3. The Morgan fingerprint density at radius 3 is 2.06 bits per heavy atom. The minimum atomic E-state index is -0.380. The van der Waals surface area contributed by atoms with E-state index < -0.39 is 0 Å². The molecule has 0 fully saturated rings. The summed E-state index contributed by atoms with van der Waals surface area (Å²) >= 11 is 0. The van der Waals surface area contributed by atoms with Crippen LogP contribution in [0.2, 0.25) is 0 Å². The molecule has 0 unspecified atom stereocenters. The average Bonchev–Trinajstić information content (AvgIpc) is 3.59. The van der Waals surface area contributed by atoms with E-state index in [2.05, 4.69) is 15.0 Å². The maximum atomic E-state index is 11.3. The van der Waals surface area contributed by atoms with E-state index in [4.69, 9.17) is 4.98 Å². The topological polar surface area (TPSA) is 100 Å². The highest BCUT2D eigenvalue weighted by molar-refractivity contribution is 5.88. The van der Waals surface area contributed by atoms with Crippen LogP contribution in [0.1, 0.15) is 22.8 Å². The molecule has 0 saturated heterocycles. The molecule has 2 aliphatic rings. The molecule has 1 aromatic carbocycles. The van der Waals surface area contributed by atoms with Gasteiger partial charge in [-0.3, -0.25) is 10.1 Å². The lowest BCUT2D eigenvalue weighted by molar-refractivity contribution is -0.384. The molecule has 8 bridgehead atoms. The summed E-state index contributed by atoms with van der Waals surface area (Å²) in [7, 11) is 0. The van der Waals surface area contributed by atoms with Crippen molar-refractivity contribution in [3.8, 4) is 11.1 Å². The number of benzene rings is 1. The van der Waals surface area contributed by atoms with E-state index in [9.17, 15) is 10.1 Å². The number of nitrogens with zero attached hydrogens (tertiary/aromatic N) is 3. The van der Waals surface area contributed by atoms with E-state index in [1.807, 2.05) is 72.8 Å². The van der Waals surface area contributed by atoms with E-state index in [1.54, 1.807) is 12.1 Å². The van der Waals surface area contributed by atoms with Crippen LogP contribution < -0.4 is 0 Å². The fraction of sp³-hybridized carbons (Fsp3) is 0. The third kappa shape index (κ3) is 3.72. The fourth-order valence-corrected chi connectivity index (χ4v) is 4.04. The number of nitro groups is 1. The molecule has 7 heteroatoms. The zero-order valence-corrected chi connectivity index (χ0v) is 17.3. The Kier molecular flexibility index (Phi) is 4.26. The number of nitrogens with one attached hydrogen (secondary N) is 2. The molecule has 0 aliphatic carbocycles. The van der Waals surface area contributed by atoms with Gasteiger partial charge < -0.3 is 9.97 Å². The van der Waals surface area contributed by atoms with Gasteiger partial charge in [-0.25, -0.2) is 9.97 Å². The third-order valence-corrected chi connectivity index (χ3v) is 5.54. The number of nitro benzene ring substituents is 1. The van der Waals surface area contributed by atoms with E-state index in [-0.39, 0.29) is 10.6 Å². The van der Waals surface area contributed by atoms with Gasteiger partial charge in [-0.15, -0.1) is 0 Å². The van der Waals surface area contributed by atoms with E-state index >= 15 is 0 Å². The lowest BCUT2D eigenvalue weighted by Gasteiger charge is -1.99. The predicted molar refractivity (Wildman–Crippen MR) is 131 cm³/mol. The first kappa shape index (κ1) is 18.9. The van der Waals surface area contributed by atoms with Crippen LogP contribution in [0.5, 0.6) is 0 Å². The van der Waals surface area contributed by atoms with E-state index in [1.165, 1.54) is 6.07 Å². The van der Waals surface area contributed by atoms with Gasteiger partial charge in [0.15, 0.2) is 0 Å². The van der Waals surface area contributed by atoms with Crippen molar-refractivity contribution in [2.24, 2.45) is 0 Å². The molecule has 0 spiro atoms. The van der Waals surface area contributed by atoms with E-state index in [0.717, 1.165) is 56.0 Å². The highest BCUT2D eigenvalue weighted by atomic mass is 16.6. The second-order valence-electron chi connectivity index (χ2n) is 7.90. The van der Waals surface area contributed by atoms with Gasteiger partial charge in [0.25, 0.3) is 5.69 Å². The molecule has 5 heterocycles. The number of H-pyrrole nitrogens is 2. The van der Waals surface area contributed by atoms with Crippen molar-refractivity contribution in [2.75, 3.05) is 0 Å². The normalized spacial score (nSPS) is 12.2.